The standard InChI is InChI=1S/C41H67ClO3Si3/c1-32-33(28-29-42)31-37(44-46(11,12)39(2,3)4)36(38(32)45-47(13,14)40(5,6)7)27-21-22-30-43-48(41(8,9)10,34-23-17-15-18-24-34)35-25-19-16-20-26-35/h15-20,23-26,28,36-38H,1,21-22,27,29-31H2,2-14H3/b33-28-/t36-,37+,38+/m0/s1. The number of hydrogen-bond donors (Lipinski definition) is 0. The van der Waals surface area contributed by atoms with Crippen LogP contribution in [-0.2, 0) is 13.3 Å². The summed E-state index contributed by atoms with van der Waals surface area (Å²) >= 11 is 6.33. The molecule has 0 heterocycles. The summed E-state index contributed by atoms with van der Waals surface area (Å²) in [6.07, 6.45) is 6.01. The maximum Gasteiger partial charge on any atom is 0.261 e. The van der Waals surface area contributed by atoms with Crippen LogP contribution in [0.1, 0.15) is 88.0 Å². The number of unbranched alkanes of at least 4 members (excludes halogenated alkanes) is 1. The topological polar surface area (TPSA) is 27.7 Å². The Balaban J connectivity index is 1.94. The van der Waals surface area contributed by atoms with E-state index in [0.29, 0.717) is 5.88 Å². The molecule has 0 bridgehead atoms. The van der Waals surface area contributed by atoms with Crippen LogP contribution < -0.4 is 10.4 Å². The molecule has 3 atom stereocenters. The molecule has 0 N–H and O–H groups in total. The summed E-state index contributed by atoms with van der Waals surface area (Å²) in [6, 6.07) is 21.9. The molecule has 1 saturated carbocycles. The van der Waals surface area contributed by atoms with E-state index in [1.165, 1.54) is 15.9 Å². The zero-order chi connectivity index (χ0) is 36.2. The van der Waals surface area contributed by atoms with Crippen LogP contribution in [-0.4, -0.2) is 49.6 Å². The lowest BCUT2D eigenvalue weighted by Gasteiger charge is -2.49. The van der Waals surface area contributed by atoms with Crippen molar-refractivity contribution in [3.63, 3.8) is 0 Å². The molecule has 2 aromatic carbocycles. The van der Waals surface area contributed by atoms with Crippen LogP contribution in [0.3, 0.4) is 0 Å². The van der Waals surface area contributed by atoms with Gasteiger partial charge in [-0.1, -0.05) is 142 Å². The molecule has 0 amide bonds. The van der Waals surface area contributed by atoms with Gasteiger partial charge in [0.25, 0.3) is 8.32 Å². The van der Waals surface area contributed by atoms with Crippen LogP contribution in [0.15, 0.2) is 84.5 Å². The Morgan fingerprint density at radius 1 is 0.729 bits per heavy atom. The van der Waals surface area contributed by atoms with Gasteiger partial charge >= 0.3 is 0 Å². The van der Waals surface area contributed by atoms with Crippen LogP contribution in [0.5, 0.6) is 0 Å². The van der Waals surface area contributed by atoms with Gasteiger partial charge in [0, 0.05) is 18.4 Å². The van der Waals surface area contributed by atoms with Crippen molar-refractivity contribution in [3.05, 3.63) is 84.5 Å². The first kappa shape index (κ1) is 41.2. The quantitative estimate of drug-likeness (QED) is 0.117. The number of halogens is 1. The van der Waals surface area contributed by atoms with Gasteiger partial charge in [0.05, 0.1) is 12.2 Å². The smallest absolute Gasteiger partial charge is 0.261 e. The molecule has 3 rings (SSSR count). The molecule has 7 heteroatoms. The molecule has 0 radical (unpaired) electrons. The normalized spacial score (nSPS) is 21.2. The van der Waals surface area contributed by atoms with Crippen LogP contribution in [0.2, 0.25) is 41.3 Å². The van der Waals surface area contributed by atoms with E-state index >= 15 is 0 Å². The van der Waals surface area contributed by atoms with Crippen molar-refractivity contribution in [1.82, 2.24) is 0 Å². The van der Waals surface area contributed by atoms with Gasteiger partial charge in [-0.15, -0.1) is 11.6 Å². The molecule has 0 spiro atoms. The van der Waals surface area contributed by atoms with Crippen LogP contribution in [0.4, 0.5) is 0 Å². The molecule has 3 nitrogen and oxygen atoms in total. The van der Waals surface area contributed by atoms with E-state index in [1.807, 2.05) is 0 Å². The van der Waals surface area contributed by atoms with Crippen molar-refractivity contribution < 1.29 is 13.3 Å². The fourth-order valence-corrected chi connectivity index (χ4v) is 14.1. The van der Waals surface area contributed by atoms with E-state index in [4.69, 9.17) is 24.9 Å². The Bertz CT molecular complexity index is 1310. The fourth-order valence-electron chi connectivity index (χ4n) is 6.59. The van der Waals surface area contributed by atoms with E-state index in [9.17, 15) is 0 Å². The minimum absolute atomic E-state index is 0.0355. The third kappa shape index (κ3) is 9.34. The summed E-state index contributed by atoms with van der Waals surface area (Å²) in [5, 5.41) is 2.83. The van der Waals surface area contributed by atoms with E-state index < -0.39 is 25.0 Å². The van der Waals surface area contributed by atoms with Gasteiger partial charge in [-0.2, -0.15) is 0 Å². The van der Waals surface area contributed by atoms with Gasteiger partial charge < -0.3 is 13.3 Å². The zero-order valence-electron chi connectivity index (χ0n) is 32.6. The number of alkyl halides is 1. The van der Waals surface area contributed by atoms with Gasteiger partial charge in [-0.25, -0.2) is 0 Å². The Kier molecular flexibility index (Phi) is 13.7. The van der Waals surface area contributed by atoms with Gasteiger partial charge in [0.2, 0.25) is 0 Å². The highest BCUT2D eigenvalue weighted by molar-refractivity contribution is 6.99. The maximum absolute atomic E-state index is 7.31. The number of hydrogen-bond acceptors (Lipinski definition) is 3. The van der Waals surface area contributed by atoms with Crippen molar-refractivity contribution in [3.8, 4) is 0 Å². The first-order valence-electron chi connectivity index (χ1n) is 18.1. The molecule has 48 heavy (non-hydrogen) atoms. The van der Waals surface area contributed by atoms with Crippen molar-refractivity contribution in [1.29, 1.82) is 0 Å². The van der Waals surface area contributed by atoms with Gasteiger partial charge in [-0.05, 0) is 82.1 Å². The summed E-state index contributed by atoms with van der Waals surface area (Å²) in [7, 11) is -6.75. The number of allylic oxidation sites excluding steroid dienone is 1. The lowest BCUT2D eigenvalue weighted by atomic mass is 9.76. The molecule has 0 saturated heterocycles. The largest absolute Gasteiger partial charge is 0.413 e. The Morgan fingerprint density at radius 3 is 1.65 bits per heavy atom. The first-order chi connectivity index (χ1) is 22.1. The van der Waals surface area contributed by atoms with Crippen LogP contribution in [0.25, 0.3) is 0 Å². The lowest BCUT2D eigenvalue weighted by Crippen LogP contribution is -2.66. The maximum atomic E-state index is 7.31. The second-order valence-electron chi connectivity index (χ2n) is 18.0. The predicted molar refractivity (Wildman–Crippen MR) is 218 cm³/mol. The monoisotopic (exact) mass is 726 g/mol. The molecule has 1 aliphatic carbocycles. The van der Waals surface area contributed by atoms with E-state index in [1.54, 1.807) is 0 Å². The Labute approximate surface area is 303 Å². The van der Waals surface area contributed by atoms with Crippen molar-refractivity contribution in [2.45, 2.75) is 142 Å². The zero-order valence-corrected chi connectivity index (χ0v) is 36.4. The SMILES string of the molecule is C=C1/C(=C\CCl)C[C@@H](O[Si](C)(C)C(C)(C)C)[C@H](CCCCO[Si](c2ccccc2)(c2ccccc2)C(C)(C)C)[C@@H]1O[Si](C)(C)C(C)(C)C. The van der Waals surface area contributed by atoms with E-state index in [2.05, 4.69) is 162 Å². The van der Waals surface area contributed by atoms with Crippen LogP contribution in [0, 0.1) is 5.92 Å². The molecule has 0 aliphatic heterocycles. The van der Waals surface area contributed by atoms with Gasteiger partial charge in [0.15, 0.2) is 16.6 Å². The molecule has 0 aromatic heterocycles. The molecule has 2 aromatic rings. The average Bonchev–Trinajstić information content (AvgIpc) is 2.97. The molecule has 268 valence electrons. The number of benzene rings is 2. The van der Waals surface area contributed by atoms with E-state index in [-0.39, 0.29) is 33.2 Å². The second kappa shape index (κ2) is 16.0. The molecule has 0 unspecified atom stereocenters. The molecular weight excluding hydrogens is 660 g/mol. The third-order valence-corrected chi connectivity index (χ3v) is 25.7. The minimum atomic E-state index is -2.57. The van der Waals surface area contributed by atoms with Gasteiger partial charge in [-0.3, -0.25) is 0 Å². The highest BCUT2D eigenvalue weighted by Crippen LogP contribution is 2.47. The highest BCUT2D eigenvalue weighted by Gasteiger charge is 2.51. The molecule has 1 fully saturated rings. The van der Waals surface area contributed by atoms with Gasteiger partial charge in [0.1, 0.15) is 0 Å². The first-order valence-corrected chi connectivity index (χ1v) is 26.4. The third-order valence-electron chi connectivity index (χ3n) is 11.5. The Morgan fingerprint density at radius 2 is 1.21 bits per heavy atom. The lowest BCUT2D eigenvalue weighted by molar-refractivity contribution is 0.0247. The summed E-state index contributed by atoms with van der Waals surface area (Å²) < 4.78 is 21.9. The van der Waals surface area contributed by atoms with Crippen molar-refractivity contribution in [2.75, 3.05) is 12.5 Å². The van der Waals surface area contributed by atoms with E-state index in [0.717, 1.165) is 37.9 Å². The fraction of sp³-hybridized carbons (Fsp3) is 0.610. The number of rotatable bonds is 13. The van der Waals surface area contributed by atoms with Crippen molar-refractivity contribution >= 4 is 46.9 Å². The second-order valence-corrected chi connectivity index (χ2v) is 32.1. The Hall–Kier alpha value is -1.26. The highest BCUT2D eigenvalue weighted by atomic mass is 35.5. The summed E-state index contributed by atoms with van der Waals surface area (Å²) in [5.74, 6) is 0.694. The minimum Gasteiger partial charge on any atom is -0.413 e. The summed E-state index contributed by atoms with van der Waals surface area (Å²) in [5.41, 5.74) is 2.31. The summed E-state index contributed by atoms with van der Waals surface area (Å²) in [6.45, 7) is 35.9. The van der Waals surface area contributed by atoms with Crippen molar-refractivity contribution in [2.24, 2.45) is 5.92 Å². The molecule has 1 aliphatic rings. The van der Waals surface area contributed by atoms with Crippen LogP contribution >= 0.6 is 11.6 Å². The average molecular weight is 728 g/mol. The summed E-state index contributed by atoms with van der Waals surface area (Å²) in [4.78, 5) is 0. The predicted octanol–water partition coefficient (Wildman–Crippen LogP) is 11.3. The molecular formula is C41H67ClO3Si3.